The molecule has 2 aliphatic heterocycles. The molecule has 4 heterocycles. The van der Waals surface area contributed by atoms with E-state index < -0.39 is 0 Å². The van der Waals surface area contributed by atoms with Crippen molar-refractivity contribution in [3.63, 3.8) is 0 Å². The number of rotatable bonds is 4. The third-order valence-corrected chi connectivity index (χ3v) is 11.0. The van der Waals surface area contributed by atoms with Gasteiger partial charge in [0.05, 0.1) is 28.1 Å². The van der Waals surface area contributed by atoms with Gasteiger partial charge >= 0.3 is 0 Å². The van der Waals surface area contributed by atoms with Gasteiger partial charge in [0.1, 0.15) is 11.2 Å². The molecular formula is C48H29BN3O2. The van der Waals surface area contributed by atoms with E-state index in [1.54, 1.807) is 0 Å². The minimum absolute atomic E-state index is 0.817. The van der Waals surface area contributed by atoms with Crippen LogP contribution in [0.25, 0.3) is 60.6 Å². The molecule has 2 aromatic heterocycles. The van der Waals surface area contributed by atoms with E-state index in [-0.39, 0.29) is 0 Å². The zero-order chi connectivity index (χ0) is 35.3. The summed E-state index contributed by atoms with van der Waals surface area (Å²) in [6.07, 6.45) is 0. The number of nitrogens with one attached hydrogen (secondary N) is 1. The standard InChI is InChI=1S/C48H29BN3O2/c1-2-14-29(15-3-1)50-36-26-33-30-16-5-11-23-42(30)53-45(33)28-32(36)34-27-41(51-39-21-9-12-24-43(39)54-44-25-13-10-22-40(44)51)46-31-17-4-7-19-37(31)52-38-20-8-6-18-35(38)49-47(34)48(46)52/h1-28,50H. The average Bonchev–Trinajstić information content (AvgIpc) is 3.77. The number of ether oxygens (including phenoxy) is 1. The van der Waals surface area contributed by atoms with E-state index >= 15 is 0 Å². The molecule has 5 nitrogen and oxygen atoms in total. The van der Waals surface area contributed by atoms with Gasteiger partial charge in [0.2, 0.25) is 0 Å². The Morgan fingerprint density at radius 1 is 0.500 bits per heavy atom. The van der Waals surface area contributed by atoms with Gasteiger partial charge < -0.3 is 23.9 Å². The molecule has 54 heavy (non-hydrogen) atoms. The van der Waals surface area contributed by atoms with E-state index in [2.05, 4.69) is 162 Å². The van der Waals surface area contributed by atoms with Gasteiger partial charge in [-0.15, -0.1) is 0 Å². The lowest BCUT2D eigenvalue weighted by Crippen LogP contribution is -2.37. The van der Waals surface area contributed by atoms with E-state index in [0.29, 0.717) is 0 Å². The minimum Gasteiger partial charge on any atom is -0.456 e. The largest absolute Gasteiger partial charge is 0.456 e. The van der Waals surface area contributed by atoms with Gasteiger partial charge in [0.15, 0.2) is 18.8 Å². The average molecular weight is 691 g/mol. The molecule has 0 amide bonds. The SMILES string of the molecule is [B]1c2ccccc2-n2c3ccccc3c3c(N4c5ccccc5Oc5ccccc54)cc(-c4cc5oc6ccccc6c5cc4Nc4ccccc4)c1c32. The molecule has 0 aliphatic carbocycles. The monoisotopic (exact) mass is 690 g/mol. The van der Waals surface area contributed by atoms with Crippen LogP contribution in [0.2, 0.25) is 0 Å². The van der Waals surface area contributed by atoms with E-state index in [9.17, 15) is 0 Å². The first kappa shape index (κ1) is 29.4. The molecule has 10 aromatic rings. The summed E-state index contributed by atoms with van der Waals surface area (Å²) < 4.78 is 15.6. The van der Waals surface area contributed by atoms with Crippen molar-refractivity contribution in [2.75, 3.05) is 10.2 Å². The zero-order valence-corrected chi connectivity index (χ0v) is 29.0. The lowest BCUT2D eigenvalue weighted by Gasteiger charge is -2.34. The van der Waals surface area contributed by atoms with Crippen LogP contribution in [-0.4, -0.2) is 11.8 Å². The summed E-state index contributed by atoms with van der Waals surface area (Å²) in [4.78, 5) is 2.39. The molecule has 0 atom stereocenters. The second kappa shape index (κ2) is 11.2. The molecule has 0 fully saturated rings. The third-order valence-electron chi connectivity index (χ3n) is 11.0. The molecule has 0 unspecified atom stereocenters. The van der Waals surface area contributed by atoms with Crippen LogP contribution in [0.15, 0.2) is 174 Å². The van der Waals surface area contributed by atoms with Gasteiger partial charge in [-0.2, -0.15) is 0 Å². The maximum atomic E-state index is 6.59. The number of hydrogen-bond acceptors (Lipinski definition) is 4. The second-order valence-electron chi connectivity index (χ2n) is 14.0. The molecule has 8 aromatic carbocycles. The maximum Gasteiger partial charge on any atom is 0.197 e. The summed E-state index contributed by atoms with van der Waals surface area (Å²) in [6.45, 7) is 0. The highest BCUT2D eigenvalue weighted by Gasteiger charge is 2.33. The summed E-state index contributed by atoms with van der Waals surface area (Å²) in [5, 5.41) is 8.37. The van der Waals surface area contributed by atoms with Crippen LogP contribution in [-0.2, 0) is 0 Å². The molecular weight excluding hydrogens is 661 g/mol. The highest BCUT2D eigenvalue weighted by atomic mass is 16.5. The molecule has 251 valence electrons. The quantitative estimate of drug-likeness (QED) is 0.187. The van der Waals surface area contributed by atoms with Crippen molar-refractivity contribution in [3.8, 4) is 28.3 Å². The molecule has 6 heteroatoms. The van der Waals surface area contributed by atoms with Crippen LogP contribution in [0, 0.1) is 0 Å². The molecule has 0 bridgehead atoms. The lowest BCUT2D eigenvalue weighted by molar-refractivity contribution is 0.477. The Hall–Kier alpha value is -7.18. The Labute approximate surface area is 311 Å². The van der Waals surface area contributed by atoms with Gasteiger partial charge in [0, 0.05) is 44.2 Å². The summed E-state index contributed by atoms with van der Waals surface area (Å²) in [6, 6.07) is 59.7. The summed E-state index contributed by atoms with van der Waals surface area (Å²) in [5.41, 5.74) is 14.8. The Bertz CT molecular complexity index is 3120. The number of fused-ring (bicyclic) bond motifs is 10. The van der Waals surface area contributed by atoms with Gasteiger partial charge in [-0.3, -0.25) is 0 Å². The minimum atomic E-state index is 0.817. The first-order valence-electron chi connectivity index (χ1n) is 18.3. The van der Waals surface area contributed by atoms with Crippen molar-refractivity contribution in [1.29, 1.82) is 0 Å². The van der Waals surface area contributed by atoms with Crippen LogP contribution < -0.4 is 25.9 Å². The fourth-order valence-corrected chi connectivity index (χ4v) is 8.67. The van der Waals surface area contributed by atoms with Crippen molar-refractivity contribution in [2.45, 2.75) is 0 Å². The van der Waals surface area contributed by atoms with E-state index in [1.165, 1.54) is 21.8 Å². The van der Waals surface area contributed by atoms with Crippen LogP contribution in [0.4, 0.5) is 28.4 Å². The molecule has 0 spiro atoms. The van der Waals surface area contributed by atoms with Gasteiger partial charge in [-0.1, -0.05) is 103 Å². The number of benzene rings is 8. The van der Waals surface area contributed by atoms with Crippen LogP contribution in [0.5, 0.6) is 11.5 Å². The highest BCUT2D eigenvalue weighted by Crippen LogP contribution is 2.54. The predicted octanol–water partition coefficient (Wildman–Crippen LogP) is 11.6. The first-order valence-corrected chi connectivity index (χ1v) is 18.3. The van der Waals surface area contributed by atoms with Gasteiger partial charge in [-0.05, 0) is 83.8 Å². The van der Waals surface area contributed by atoms with Gasteiger partial charge in [-0.25, -0.2) is 0 Å². The van der Waals surface area contributed by atoms with E-state index in [1.807, 2.05) is 30.3 Å². The predicted molar refractivity (Wildman–Crippen MR) is 223 cm³/mol. The molecule has 1 radical (unpaired) electrons. The molecule has 1 N–H and O–H groups in total. The van der Waals surface area contributed by atoms with Crippen molar-refractivity contribution >= 4 is 90.4 Å². The summed E-state index contributed by atoms with van der Waals surface area (Å²) in [7, 11) is 2.37. The summed E-state index contributed by atoms with van der Waals surface area (Å²) in [5.74, 6) is 1.63. The fraction of sp³-hybridized carbons (Fsp3) is 0. The van der Waals surface area contributed by atoms with Crippen molar-refractivity contribution in [2.24, 2.45) is 0 Å². The molecule has 0 saturated carbocycles. The van der Waals surface area contributed by atoms with Crippen molar-refractivity contribution in [1.82, 2.24) is 4.57 Å². The molecule has 12 rings (SSSR count). The number of furan rings is 1. The van der Waals surface area contributed by atoms with Crippen LogP contribution in [0.3, 0.4) is 0 Å². The maximum absolute atomic E-state index is 6.59. The number of aromatic nitrogens is 1. The lowest BCUT2D eigenvalue weighted by atomic mass is 9.59. The highest BCUT2D eigenvalue weighted by molar-refractivity contribution is 6.73. The Morgan fingerprint density at radius 2 is 1.17 bits per heavy atom. The zero-order valence-electron chi connectivity index (χ0n) is 29.0. The molecule has 0 saturated heterocycles. The van der Waals surface area contributed by atoms with E-state index in [4.69, 9.17) is 9.15 Å². The van der Waals surface area contributed by atoms with Crippen LogP contribution in [0.1, 0.15) is 0 Å². The van der Waals surface area contributed by atoms with Crippen molar-refractivity contribution < 1.29 is 9.15 Å². The summed E-state index contributed by atoms with van der Waals surface area (Å²) >= 11 is 0. The topological polar surface area (TPSA) is 42.6 Å². The Kier molecular flexibility index (Phi) is 6.08. The van der Waals surface area contributed by atoms with Gasteiger partial charge in [0.25, 0.3) is 0 Å². The Balaban J connectivity index is 1.25. The fourth-order valence-electron chi connectivity index (χ4n) is 8.67. The van der Waals surface area contributed by atoms with Crippen molar-refractivity contribution in [3.05, 3.63) is 170 Å². The molecule has 2 aliphatic rings. The van der Waals surface area contributed by atoms with E-state index in [0.717, 1.165) is 89.7 Å². The second-order valence-corrected chi connectivity index (χ2v) is 14.0. The smallest absolute Gasteiger partial charge is 0.197 e. The Morgan fingerprint density at radius 3 is 1.98 bits per heavy atom. The number of nitrogens with zero attached hydrogens (tertiary/aromatic N) is 2. The third kappa shape index (κ3) is 4.16. The van der Waals surface area contributed by atoms with Crippen LogP contribution >= 0.6 is 0 Å². The number of hydrogen-bond donors (Lipinski definition) is 1. The first-order chi connectivity index (χ1) is 26.8. The number of para-hydroxylation sites is 8. The number of anilines is 5. The normalized spacial score (nSPS) is 12.7.